The van der Waals surface area contributed by atoms with Gasteiger partial charge < -0.3 is 14.4 Å². The molecule has 1 N–H and O–H groups in total. The number of fused-ring (bicyclic) bond motifs is 3. The van der Waals surface area contributed by atoms with Gasteiger partial charge in [-0.2, -0.15) is 5.10 Å². The summed E-state index contributed by atoms with van der Waals surface area (Å²) in [6, 6.07) is 13.5. The summed E-state index contributed by atoms with van der Waals surface area (Å²) < 4.78 is 9.13. The van der Waals surface area contributed by atoms with Gasteiger partial charge in [-0.05, 0) is 53.8 Å². The number of thiophene rings is 1. The van der Waals surface area contributed by atoms with Crippen LogP contribution in [0.2, 0.25) is 0 Å². The first-order valence-electron chi connectivity index (χ1n) is 9.26. The normalized spacial score (nSPS) is 15.0. The predicted molar refractivity (Wildman–Crippen MR) is 112 cm³/mol. The molecule has 7 heteroatoms. The van der Waals surface area contributed by atoms with Gasteiger partial charge in [-0.3, -0.25) is 4.68 Å². The second kappa shape index (κ2) is 6.63. The molecule has 0 spiro atoms. The summed E-state index contributed by atoms with van der Waals surface area (Å²) in [5.41, 5.74) is 5.14. The van der Waals surface area contributed by atoms with E-state index in [-0.39, 0.29) is 11.7 Å². The fourth-order valence-electron chi connectivity index (χ4n) is 4.15. The average Bonchev–Trinajstić information content (AvgIpc) is 3.45. The number of rotatable bonds is 4. The van der Waals surface area contributed by atoms with Gasteiger partial charge in [0.05, 0.1) is 24.5 Å². The van der Waals surface area contributed by atoms with Crippen LogP contribution in [0, 0.1) is 0 Å². The van der Waals surface area contributed by atoms with Crippen molar-refractivity contribution >= 4 is 17.3 Å². The Morgan fingerprint density at radius 1 is 1.24 bits per heavy atom. The van der Waals surface area contributed by atoms with Gasteiger partial charge in [0.2, 0.25) is 0 Å². The summed E-state index contributed by atoms with van der Waals surface area (Å²) in [5.74, 6) is -0.147. The van der Waals surface area contributed by atoms with Crippen LogP contribution >= 0.6 is 11.3 Å². The van der Waals surface area contributed by atoms with E-state index in [2.05, 4.69) is 5.10 Å². The van der Waals surface area contributed by atoms with Crippen LogP contribution in [-0.4, -0.2) is 32.5 Å². The summed E-state index contributed by atoms with van der Waals surface area (Å²) >= 11 is 1.61. The third kappa shape index (κ3) is 2.77. The van der Waals surface area contributed by atoms with E-state index in [0.29, 0.717) is 6.42 Å². The molecule has 1 aromatic carbocycles. The minimum absolute atomic E-state index is 0.203. The van der Waals surface area contributed by atoms with Crippen molar-refractivity contribution in [3.8, 4) is 27.4 Å². The number of carbonyl (C=O) groups is 1. The number of benzene rings is 1. The van der Waals surface area contributed by atoms with Gasteiger partial charge in [-0.1, -0.05) is 6.07 Å². The highest BCUT2D eigenvalue weighted by Crippen LogP contribution is 2.46. The van der Waals surface area contributed by atoms with Crippen LogP contribution in [0.15, 0.2) is 54.0 Å². The predicted octanol–water partition coefficient (Wildman–Crippen LogP) is 4.47. The maximum Gasteiger partial charge on any atom is 0.352 e. The highest BCUT2D eigenvalue weighted by molar-refractivity contribution is 7.13. The van der Waals surface area contributed by atoms with Crippen LogP contribution < -0.4 is 4.74 Å². The zero-order chi connectivity index (χ0) is 20.1. The molecule has 3 aromatic heterocycles. The maximum atomic E-state index is 12.2. The zero-order valence-electron chi connectivity index (χ0n) is 16.0. The van der Waals surface area contributed by atoms with Crippen molar-refractivity contribution in [3.05, 3.63) is 71.0 Å². The Balaban J connectivity index is 1.84. The van der Waals surface area contributed by atoms with Gasteiger partial charge in [0, 0.05) is 29.2 Å². The van der Waals surface area contributed by atoms with E-state index in [9.17, 15) is 9.90 Å². The molecule has 29 heavy (non-hydrogen) atoms. The second-order valence-electron chi connectivity index (χ2n) is 7.10. The summed E-state index contributed by atoms with van der Waals surface area (Å²) in [5, 5.41) is 16.6. The lowest BCUT2D eigenvalue weighted by Crippen LogP contribution is -2.24. The highest BCUT2D eigenvalue weighted by atomic mass is 32.1. The Hall–Kier alpha value is -3.32. The van der Waals surface area contributed by atoms with E-state index in [1.807, 2.05) is 59.6 Å². The summed E-state index contributed by atoms with van der Waals surface area (Å²) in [4.78, 5) is 13.2. The molecule has 1 atom stereocenters. The number of methoxy groups -OCH3 is 1. The first-order valence-corrected chi connectivity index (χ1v) is 10.1. The molecule has 4 aromatic rings. The molecule has 0 aliphatic carbocycles. The number of ether oxygens (including phenoxy) is 1. The lowest BCUT2D eigenvalue weighted by Gasteiger charge is -2.29. The second-order valence-corrected chi connectivity index (χ2v) is 8.05. The molecular weight excluding hydrogens is 386 g/mol. The molecule has 0 bridgehead atoms. The molecular formula is C22H19N3O3S. The molecule has 0 radical (unpaired) electrons. The van der Waals surface area contributed by atoms with Crippen molar-refractivity contribution in [1.29, 1.82) is 0 Å². The molecule has 1 aliphatic heterocycles. The molecule has 1 unspecified atom stereocenters. The van der Waals surface area contributed by atoms with Crippen LogP contribution in [-0.2, 0) is 13.5 Å². The Kier molecular flexibility index (Phi) is 4.06. The highest BCUT2D eigenvalue weighted by Gasteiger charge is 2.34. The third-order valence-corrected chi connectivity index (χ3v) is 6.31. The van der Waals surface area contributed by atoms with Crippen molar-refractivity contribution in [3.63, 3.8) is 0 Å². The van der Waals surface area contributed by atoms with Crippen LogP contribution in [0.3, 0.4) is 0 Å². The number of nitrogens with zero attached hydrogens (tertiary/aromatic N) is 3. The van der Waals surface area contributed by atoms with Crippen molar-refractivity contribution < 1.29 is 14.6 Å². The van der Waals surface area contributed by atoms with Gasteiger partial charge in [0.15, 0.2) is 0 Å². The molecule has 0 saturated carbocycles. The molecule has 6 nitrogen and oxygen atoms in total. The van der Waals surface area contributed by atoms with E-state index in [4.69, 9.17) is 4.74 Å². The van der Waals surface area contributed by atoms with Crippen LogP contribution in [0.5, 0.6) is 5.75 Å². The van der Waals surface area contributed by atoms with Gasteiger partial charge >= 0.3 is 5.97 Å². The standard InChI is InChI=1S/C22H19N3O3S/c1-24-8-7-17(23-24)18-11-13-10-14(28-2)5-6-15(13)21-16(20-4-3-9-29-20)12-19(22(26)27)25(18)21/h3-10,12,18H,11H2,1-2H3,(H,26,27). The molecule has 5 rings (SSSR count). The number of carboxylic acids is 1. The smallest absolute Gasteiger partial charge is 0.352 e. The average molecular weight is 405 g/mol. The third-order valence-electron chi connectivity index (χ3n) is 5.41. The van der Waals surface area contributed by atoms with Crippen molar-refractivity contribution in [2.24, 2.45) is 7.05 Å². The first kappa shape index (κ1) is 17.8. The van der Waals surface area contributed by atoms with Crippen LogP contribution in [0.25, 0.3) is 21.7 Å². The monoisotopic (exact) mass is 405 g/mol. The number of hydrogen-bond acceptors (Lipinski definition) is 4. The Labute approximate surface area is 171 Å². The Bertz CT molecular complexity index is 1220. The number of aryl methyl sites for hydroxylation is 1. The van der Waals surface area contributed by atoms with E-state index >= 15 is 0 Å². The minimum atomic E-state index is -0.938. The molecule has 0 saturated heterocycles. The number of hydrogen-bond donors (Lipinski definition) is 1. The van der Waals surface area contributed by atoms with Crippen molar-refractivity contribution in [1.82, 2.24) is 14.3 Å². The van der Waals surface area contributed by atoms with E-state index in [1.165, 1.54) is 0 Å². The number of carboxylic acid groups (broad SMARTS) is 1. The fraction of sp³-hybridized carbons (Fsp3) is 0.182. The van der Waals surface area contributed by atoms with Crippen LogP contribution in [0.1, 0.15) is 27.8 Å². The lowest BCUT2D eigenvalue weighted by atomic mass is 9.90. The lowest BCUT2D eigenvalue weighted by molar-refractivity contribution is 0.0683. The summed E-state index contributed by atoms with van der Waals surface area (Å²) in [6.45, 7) is 0. The van der Waals surface area contributed by atoms with Crippen molar-refractivity contribution in [2.45, 2.75) is 12.5 Å². The minimum Gasteiger partial charge on any atom is -0.497 e. The Morgan fingerprint density at radius 2 is 2.10 bits per heavy atom. The van der Waals surface area contributed by atoms with E-state index in [0.717, 1.165) is 38.7 Å². The van der Waals surface area contributed by atoms with Gasteiger partial charge in [-0.25, -0.2) is 4.79 Å². The summed E-state index contributed by atoms with van der Waals surface area (Å²) in [7, 11) is 3.53. The maximum absolute atomic E-state index is 12.2. The molecule has 0 amide bonds. The largest absolute Gasteiger partial charge is 0.497 e. The van der Waals surface area contributed by atoms with Crippen LogP contribution in [0.4, 0.5) is 0 Å². The van der Waals surface area contributed by atoms with Gasteiger partial charge in [-0.15, -0.1) is 11.3 Å². The van der Waals surface area contributed by atoms with Gasteiger partial charge in [0.25, 0.3) is 0 Å². The van der Waals surface area contributed by atoms with Crippen molar-refractivity contribution in [2.75, 3.05) is 7.11 Å². The molecule has 0 fully saturated rings. The van der Waals surface area contributed by atoms with Gasteiger partial charge in [0.1, 0.15) is 11.4 Å². The fourth-order valence-corrected chi connectivity index (χ4v) is 4.90. The van der Waals surface area contributed by atoms with E-state index in [1.54, 1.807) is 29.2 Å². The number of aromatic carboxylic acids is 1. The zero-order valence-corrected chi connectivity index (χ0v) is 16.8. The molecule has 1 aliphatic rings. The Morgan fingerprint density at radius 3 is 2.76 bits per heavy atom. The van der Waals surface area contributed by atoms with E-state index < -0.39 is 5.97 Å². The molecule has 146 valence electrons. The first-order chi connectivity index (χ1) is 14.1. The quantitative estimate of drug-likeness (QED) is 0.544. The SMILES string of the molecule is COc1ccc2c(c1)CC(c1ccn(C)n1)n1c(C(=O)O)cc(-c3cccs3)c1-2. The summed E-state index contributed by atoms with van der Waals surface area (Å²) in [6.07, 6.45) is 2.54. The molecule has 4 heterocycles. The topological polar surface area (TPSA) is 69.3 Å². The number of aromatic nitrogens is 3.